The van der Waals surface area contributed by atoms with Gasteiger partial charge in [-0.05, 0) is 37.0 Å². The lowest BCUT2D eigenvalue weighted by molar-refractivity contribution is 0.0988. The summed E-state index contributed by atoms with van der Waals surface area (Å²) < 4.78 is 10.6. The summed E-state index contributed by atoms with van der Waals surface area (Å²) in [5.41, 5.74) is 3.09. The highest BCUT2D eigenvalue weighted by atomic mass is 32.1. The molecule has 140 valence electrons. The SMILES string of the molecule is COCc1nc(OC)c2c(C)c(C(=O)N3CCCc4ccccc43)sc2n1. The van der Waals surface area contributed by atoms with Gasteiger partial charge in [0.1, 0.15) is 11.4 Å². The van der Waals surface area contributed by atoms with Crippen molar-refractivity contribution >= 4 is 33.1 Å². The van der Waals surface area contributed by atoms with E-state index in [0.717, 1.165) is 40.9 Å². The number of benzene rings is 1. The number of rotatable bonds is 4. The lowest BCUT2D eigenvalue weighted by Gasteiger charge is -2.29. The summed E-state index contributed by atoms with van der Waals surface area (Å²) in [5, 5.41) is 0.802. The summed E-state index contributed by atoms with van der Waals surface area (Å²) in [7, 11) is 3.18. The van der Waals surface area contributed by atoms with Crippen molar-refractivity contribution in [1.82, 2.24) is 9.97 Å². The number of carbonyl (C=O) groups is 1. The van der Waals surface area contributed by atoms with Gasteiger partial charge in [0.2, 0.25) is 5.88 Å². The molecular weight excluding hydrogens is 362 g/mol. The first-order valence-electron chi connectivity index (χ1n) is 8.86. The Morgan fingerprint density at radius 3 is 2.85 bits per heavy atom. The molecule has 0 spiro atoms. The first-order valence-corrected chi connectivity index (χ1v) is 9.68. The number of hydrogen-bond acceptors (Lipinski definition) is 6. The van der Waals surface area contributed by atoms with Crippen LogP contribution in [0.2, 0.25) is 0 Å². The van der Waals surface area contributed by atoms with Gasteiger partial charge in [0.15, 0.2) is 5.82 Å². The van der Waals surface area contributed by atoms with Crippen molar-refractivity contribution in [3.8, 4) is 5.88 Å². The molecule has 1 aliphatic rings. The summed E-state index contributed by atoms with van der Waals surface area (Å²) in [4.78, 5) is 25.7. The van der Waals surface area contributed by atoms with Gasteiger partial charge in [-0.15, -0.1) is 11.3 Å². The Labute approximate surface area is 161 Å². The van der Waals surface area contributed by atoms with Crippen LogP contribution >= 0.6 is 11.3 Å². The number of aromatic nitrogens is 2. The highest BCUT2D eigenvalue weighted by molar-refractivity contribution is 7.20. The van der Waals surface area contributed by atoms with Crippen LogP contribution in [0.1, 0.15) is 33.0 Å². The monoisotopic (exact) mass is 383 g/mol. The third kappa shape index (κ3) is 3.07. The summed E-state index contributed by atoms with van der Waals surface area (Å²) >= 11 is 1.39. The quantitative estimate of drug-likeness (QED) is 0.687. The Kier molecular flexibility index (Phi) is 4.80. The van der Waals surface area contributed by atoms with Crippen LogP contribution in [0.15, 0.2) is 24.3 Å². The summed E-state index contributed by atoms with van der Waals surface area (Å²) in [6, 6.07) is 8.12. The number of amides is 1. The molecule has 0 fully saturated rings. The highest BCUT2D eigenvalue weighted by Crippen LogP contribution is 2.37. The number of hydrogen-bond donors (Lipinski definition) is 0. The second kappa shape index (κ2) is 7.25. The van der Waals surface area contributed by atoms with Gasteiger partial charge >= 0.3 is 0 Å². The Hall–Kier alpha value is -2.51. The smallest absolute Gasteiger partial charge is 0.268 e. The van der Waals surface area contributed by atoms with Crippen LogP contribution in [0.5, 0.6) is 5.88 Å². The van der Waals surface area contributed by atoms with E-state index >= 15 is 0 Å². The summed E-state index contributed by atoms with van der Waals surface area (Å²) in [5.74, 6) is 1.04. The van der Waals surface area contributed by atoms with Crippen molar-refractivity contribution in [3.05, 3.63) is 46.1 Å². The number of fused-ring (bicyclic) bond motifs is 2. The molecule has 3 heterocycles. The highest BCUT2D eigenvalue weighted by Gasteiger charge is 2.28. The summed E-state index contributed by atoms with van der Waals surface area (Å²) in [6.45, 7) is 2.96. The van der Waals surface area contributed by atoms with Gasteiger partial charge in [-0.25, -0.2) is 4.98 Å². The molecule has 0 atom stereocenters. The molecule has 27 heavy (non-hydrogen) atoms. The van der Waals surface area contributed by atoms with Crippen LogP contribution in [-0.2, 0) is 17.8 Å². The zero-order valence-corrected chi connectivity index (χ0v) is 16.4. The predicted octanol–water partition coefficient (Wildman–Crippen LogP) is 3.75. The second-order valence-corrected chi connectivity index (χ2v) is 7.51. The van der Waals surface area contributed by atoms with E-state index in [1.165, 1.54) is 16.9 Å². The van der Waals surface area contributed by atoms with Crippen LogP contribution in [0.3, 0.4) is 0 Å². The fourth-order valence-electron chi connectivity index (χ4n) is 3.56. The Balaban J connectivity index is 1.80. The maximum absolute atomic E-state index is 13.4. The van der Waals surface area contributed by atoms with Crippen molar-refractivity contribution in [2.45, 2.75) is 26.4 Å². The number of para-hydroxylation sites is 1. The standard InChI is InChI=1S/C20H21N3O3S/c1-12-16-18(26-3)21-15(11-25-2)22-19(16)27-17(12)20(24)23-10-6-8-13-7-4-5-9-14(13)23/h4-5,7,9H,6,8,10-11H2,1-3H3. The van der Waals surface area contributed by atoms with Crippen molar-refractivity contribution in [2.24, 2.45) is 0 Å². The molecule has 3 aromatic rings. The fourth-order valence-corrected chi connectivity index (χ4v) is 4.70. The molecule has 1 aromatic carbocycles. The molecule has 0 N–H and O–H groups in total. The van der Waals surface area contributed by atoms with Crippen molar-refractivity contribution in [3.63, 3.8) is 0 Å². The maximum Gasteiger partial charge on any atom is 0.268 e. The van der Waals surface area contributed by atoms with Crippen LogP contribution in [0, 0.1) is 6.92 Å². The van der Waals surface area contributed by atoms with Crippen LogP contribution < -0.4 is 9.64 Å². The molecule has 0 saturated carbocycles. The minimum atomic E-state index is 0.0120. The van der Waals surface area contributed by atoms with Gasteiger partial charge in [0.25, 0.3) is 5.91 Å². The molecular formula is C20H21N3O3S. The first-order chi connectivity index (χ1) is 13.1. The molecule has 0 aliphatic carbocycles. The van der Waals surface area contributed by atoms with E-state index in [-0.39, 0.29) is 5.91 Å². The third-order valence-electron chi connectivity index (χ3n) is 4.82. The topological polar surface area (TPSA) is 64.6 Å². The molecule has 0 unspecified atom stereocenters. The molecule has 6 nitrogen and oxygen atoms in total. The third-order valence-corrected chi connectivity index (χ3v) is 5.99. The lowest BCUT2D eigenvalue weighted by atomic mass is 10.0. The second-order valence-electron chi connectivity index (χ2n) is 6.51. The Morgan fingerprint density at radius 1 is 1.26 bits per heavy atom. The number of ether oxygens (including phenoxy) is 2. The van der Waals surface area contributed by atoms with E-state index in [1.54, 1.807) is 14.2 Å². The Morgan fingerprint density at radius 2 is 2.07 bits per heavy atom. The average molecular weight is 383 g/mol. The van der Waals surface area contributed by atoms with Crippen molar-refractivity contribution in [1.29, 1.82) is 0 Å². The minimum absolute atomic E-state index is 0.0120. The van der Waals surface area contributed by atoms with E-state index in [0.29, 0.717) is 23.2 Å². The van der Waals surface area contributed by atoms with E-state index in [9.17, 15) is 4.79 Å². The van der Waals surface area contributed by atoms with Crippen LogP contribution in [-0.4, -0.2) is 36.6 Å². The molecule has 1 aliphatic heterocycles. The molecule has 0 bridgehead atoms. The zero-order chi connectivity index (χ0) is 19.0. The number of thiophene rings is 1. The number of anilines is 1. The lowest BCUT2D eigenvalue weighted by Crippen LogP contribution is -2.35. The molecule has 4 rings (SSSR count). The van der Waals surface area contributed by atoms with Gasteiger partial charge in [-0.1, -0.05) is 18.2 Å². The molecule has 1 amide bonds. The Bertz CT molecular complexity index is 1020. The molecule has 0 radical (unpaired) electrons. The van der Waals surface area contributed by atoms with Crippen molar-refractivity contribution in [2.75, 3.05) is 25.7 Å². The zero-order valence-electron chi connectivity index (χ0n) is 15.6. The van der Waals surface area contributed by atoms with Crippen molar-refractivity contribution < 1.29 is 14.3 Å². The van der Waals surface area contributed by atoms with Gasteiger partial charge in [0, 0.05) is 19.3 Å². The normalized spacial score (nSPS) is 13.7. The number of aryl methyl sites for hydroxylation is 2. The summed E-state index contributed by atoms with van der Waals surface area (Å²) in [6.07, 6.45) is 1.97. The average Bonchev–Trinajstić information content (AvgIpc) is 3.03. The van der Waals surface area contributed by atoms with Gasteiger partial charge in [-0.3, -0.25) is 4.79 Å². The van der Waals surface area contributed by atoms with E-state index in [2.05, 4.69) is 16.0 Å². The molecule has 2 aromatic heterocycles. The first kappa shape index (κ1) is 17.9. The molecule has 0 saturated heterocycles. The molecule has 7 heteroatoms. The van der Waals surface area contributed by atoms with Gasteiger partial charge in [-0.2, -0.15) is 4.98 Å². The van der Waals surface area contributed by atoms with Gasteiger partial charge in [0.05, 0.1) is 17.4 Å². The van der Waals surface area contributed by atoms with E-state index in [4.69, 9.17) is 9.47 Å². The fraction of sp³-hybridized carbons (Fsp3) is 0.350. The van der Waals surface area contributed by atoms with Crippen LogP contribution in [0.25, 0.3) is 10.2 Å². The van der Waals surface area contributed by atoms with E-state index in [1.807, 2.05) is 30.0 Å². The number of carbonyl (C=O) groups excluding carboxylic acids is 1. The van der Waals surface area contributed by atoms with E-state index < -0.39 is 0 Å². The minimum Gasteiger partial charge on any atom is -0.480 e. The number of nitrogens with zero attached hydrogens (tertiary/aromatic N) is 3. The van der Waals surface area contributed by atoms with Gasteiger partial charge < -0.3 is 14.4 Å². The predicted molar refractivity (Wildman–Crippen MR) is 106 cm³/mol. The van der Waals surface area contributed by atoms with Crippen LogP contribution in [0.4, 0.5) is 5.69 Å². The largest absolute Gasteiger partial charge is 0.480 e. The number of methoxy groups -OCH3 is 2. The maximum atomic E-state index is 13.4.